The second kappa shape index (κ2) is 10.0. The van der Waals surface area contributed by atoms with Gasteiger partial charge in [-0.1, -0.05) is 80.4 Å². The summed E-state index contributed by atoms with van der Waals surface area (Å²) >= 11 is 0. The van der Waals surface area contributed by atoms with Gasteiger partial charge in [-0.2, -0.15) is 0 Å². The van der Waals surface area contributed by atoms with Crippen LogP contribution in [0.1, 0.15) is 43.7 Å². The van der Waals surface area contributed by atoms with Crippen LogP contribution in [0, 0.1) is 5.92 Å². The predicted octanol–water partition coefficient (Wildman–Crippen LogP) is 3.91. The largest absolute Gasteiger partial charge is 0.459 e. The molecule has 0 aliphatic carbocycles. The van der Waals surface area contributed by atoms with Crippen molar-refractivity contribution in [2.45, 2.75) is 51.7 Å². The third-order valence-corrected chi connectivity index (χ3v) is 5.24. The number of carbonyl (C=O) groups is 3. The van der Waals surface area contributed by atoms with Gasteiger partial charge in [-0.25, -0.2) is 4.79 Å². The number of likely N-dealkylation sites (tertiary alicyclic amines) is 1. The van der Waals surface area contributed by atoms with Gasteiger partial charge in [-0.05, 0) is 24.0 Å². The summed E-state index contributed by atoms with van der Waals surface area (Å²) in [5.74, 6) is -1.48. The van der Waals surface area contributed by atoms with Gasteiger partial charge in [0.2, 0.25) is 11.8 Å². The standard InChI is InChI=1S/C24H27NO4/c1-2-3-14-21(24(28)29-17-19-12-8-5-9-13-19)25-22(26)16-20(23(25)27)15-18-10-6-4-7-11-18/h4-13,20-21H,2-3,14-17H2,1H3/t20?,21-/m0/s1. The molecule has 2 amide bonds. The molecule has 5 nitrogen and oxygen atoms in total. The maximum absolute atomic E-state index is 13.0. The van der Waals surface area contributed by atoms with Gasteiger partial charge < -0.3 is 4.74 Å². The molecule has 2 aromatic rings. The number of unbranched alkanes of at least 4 members (excludes halogenated alkanes) is 1. The molecule has 1 saturated heterocycles. The molecule has 2 aromatic carbocycles. The highest BCUT2D eigenvalue weighted by Crippen LogP contribution is 2.27. The van der Waals surface area contributed by atoms with E-state index >= 15 is 0 Å². The lowest BCUT2D eigenvalue weighted by molar-refractivity contribution is -0.160. The highest BCUT2D eigenvalue weighted by atomic mass is 16.5. The van der Waals surface area contributed by atoms with Crippen molar-refractivity contribution in [1.82, 2.24) is 4.90 Å². The van der Waals surface area contributed by atoms with Crippen LogP contribution in [0.2, 0.25) is 0 Å². The van der Waals surface area contributed by atoms with Crippen molar-refractivity contribution in [3.05, 3.63) is 71.8 Å². The number of ether oxygens (including phenoxy) is 1. The molecule has 0 bridgehead atoms. The number of benzene rings is 2. The number of rotatable bonds is 9. The van der Waals surface area contributed by atoms with Gasteiger partial charge >= 0.3 is 5.97 Å². The first-order chi connectivity index (χ1) is 14.1. The molecule has 0 N–H and O–H groups in total. The normalized spacial score (nSPS) is 17.4. The molecule has 3 rings (SSSR count). The third kappa shape index (κ3) is 5.31. The summed E-state index contributed by atoms with van der Waals surface area (Å²) in [6, 6.07) is 18.2. The number of imide groups is 1. The number of amides is 2. The van der Waals surface area contributed by atoms with E-state index < -0.39 is 17.9 Å². The highest BCUT2D eigenvalue weighted by Gasteiger charge is 2.44. The van der Waals surface area contributed by atoms with Crippen molar-refractivity contribution < 1.29 is 19.1 Å². The molecular formula is C24H27NO4. The van der Waals surface area contributed by atoms with Gasteiger partial charge in [0.15, 0.2) is 0 Å². The molecule has 152 valence electrons. The minimum atomic E-state index is -0.848. The molecule has 1 aliphatic rings. The topological polar surface area (TPSA) is 63.7 Å². The second-order valence-corrected chi connectivity index (χ2v) is 7.44. The van der Waals surface area contributed by atoms with E-state index in [-0.39, 0.29) is 24.8 Å². The Balaban J connectivity index is 1.70. The van der Waals surface area contributed by atoms with E-state index in [9.17, 15) is 14.4 Å². The Morgan fingerprint density at radius 3 is 2.28 bits per heavy atom. The lowest BCUT2D eigenvalue weighted by Gasteiger charge is -2.25. The summed E-state index contributed by atoms with van der Waals surface area (Å²) in [4.78, 5) is 39.6. The van der Waals surface area contributed by atoms with Crippen LogP contribution in [-0.4, -0.2) is 28.7 Å². The van der Waals surface area contributed by atoms with Crippen molar-refractivity contribution in [2.75, 3.05) is 0 Å². The first-order valence-electron chi connectivity index (χ1n) is 10.2. The summed E-state index contributed by atoms with van der Waals surface area (Å²) in [5, 5.41) is 0. The van der Waals surface area contributed by atoms with Gasteiger partial charge in [0.05, 0.1) is 5.92 Å². The molecular weight excluding hydrogens is 366 g/mol. The zero-order valence-electron chi connectivity index (χ0n) is 16.8. The van der Waals surface area contributed by atoms with Gasteiger partial charge in [0.1, 0.15) is 12.6 Å². The smallest absolute Gasteiger partial charge is 0.329 e. The van der Waals surface area contributed by atoms with Crippen molar-refractivity contribution >= 4 is 17.8 Å². The van der Waals surface area contributed by atoms with E-state index in [1.54, 1.807) is 0 Å². The number of hydrogen-bond acceptors (Lipinski definition) is 4. The Morgan fingerprint density at radius 2 is 1.66 bits per heavy atom. The monoisotopic (exact) mass is 393 g/mol. The Labute approximate surface area is 171 Å². The minimum absolute atomic E-state index is 0.131. The predicted molar refractivity (Wildman–Crippen MR) is 110 cm³/mol. The average molecular weight is 393 g/mol. The van der Waals surface area contributed by atoms with Crippen LogP contribution in [0.4, 0.5) is 0 Å². The Kier molecular flexibility index (Phi) is 7.17. The van der Waals surface area contributed by atoms with Crippen molar-refractivity contribution in [3.63, 3.8) is 0 Å². The Morgan fingerprint density at radius 1 is 1.03 bits per heavy atom. The van der Waals surface area contributed by atoms with E-state index in [0.29, 0.717) is 12.8 Å². The molecule has 1 fully saturated rings. The quantitative estimate of drug-likeness (QED) is 0.479. The van der Waals surface area contributed by atoms with Crippen LogP contribution in [0.15, 0.2) is 60.7 Å². The fraction of sp³-hybridized carbons (Fsp3) is 0.375. The zero-order chi connectivity index (χ0) is 20.6. The summed E-state index contributed by atoms with van der Waals surface area (Å²) < 4.78 is 5.46. The summed E-state index contributed by atoms with van der Waals surface area (Å²) in [7, 11) is 0. The van der Waals surface area contributed by atoms with Crippen LogP contribution < -0.4 is 0 Å². The van der Waals surface area contributed by atoms with E-state index in [4.69, 9.17) is 4.74 Å². The molecule has 0 saturated carbocycles. The molecule has 5 heteroatoms. The molecule has 1 unspecified atom stereocenters. The molecule has 2 atom stereocenters. The van der Waals surface area contributed by atoms with E-state index in [1.165, 1.54) is 0 Å². The van der Waals surface area contributed by atoms with Crippen LogP contribution in [0.25, 0.3) is 0 Å². The number of hydrogen-bond donors (Lipinski definition) is 0. The molecule has 0 aromatic heterocycles. The maximum Gasteiger partial charge on any atom is 0.329 e. The van der Waals surface area contributed by atoms with Gasteiger partial charge in [0.25, 0.3) is 0 Å². The van der Waals surface area contributed by atoms with E-state index in [0.717, 1.165) is 28.9 Å². The summed E-state index contributed by atoms with van der Waals surface area (Å²) in [5.41, 5.74) is 1.88. The van der Waals surface area contributed by atoms with E-state index in [2.05, 4.69) is 0 Å². The number of esters is 1. The van der Waals surface area contributed by atoms with Gasteiger partial charge in [-0.15, -0.1) is 0 Å². The highest BCUT2D eigenvalue weighted by molar-refractivity contribution is 6.06. The summed E-state index contributed by atoms with van der Waals surface area (Å²) in [6.07, 6.45) is 2.68. The molecule has 0 spiro atoms. The lowest BCUT2D eigenvalue weighted by Crippen LogP contribution is -2.46. The molecule has 1 aliphatic heterocycles. The minimum Gasteiger partial charge on any atom is -0.459 e. The average Bonchev–Trinajstić information content (AvgIpc) is 3.01. The van der Waals surface area contributed by atoms with Crippen LogP contribution >= 0.6 is 0 Å². The van der Waals surface area contributed by atoms with Crippen molar-refractivity contribution in [2.24, 2.45) is 5.92 Å². The van der Waals surface area contributed by atoms with Crippen LogP contribution in [0.5, 0.6) is 0 Å². The van der Waals surface area contributed by atoms with Crippen molar-refractivity contribution in [3.8, 4) is 0 Å². The van der Waals surface area contributed by atoms with Crippen LogP contribution in [0.3, 0.4) is 0 Å². The second-order valence-electron chi connectivity index (χ2n) is 7.44. The lowest BCUT2D eigenvalue weighted by atomic mass is 9.98. The first-order valence-corrected chi connectivity index (χ1v) is 10.2. The SMILES string of the molecule is CCCC[C@@H](C(=O)OCc1ccccc1)N1C(=O)CC(Cc2ccccc2)C1=O. The number of nitrogens with zero attached hydrogens (tertiary/aromatic N) is 1. The number of carbonyl (C=O) groups excluding carboxylic acids is 3. The molecule has 0 radical (unpaired) electrons. The third-order valence-electron chi connectivity index (χ3n) is 5.24. The maximum atomic E-state index is 13.0. The van der Waals surface area contributed by atoms with E-state index in [1.807, 2.05) is 67.6 Å². The molecule has 1 heterocycles. The fourth-order valence-corrected chi connectivity index (χ4v) is 3.68. The van der Waals surface area contributed by atoms with Gasteiger partial charge in [0, 0.05) is 6.42 Å². The Bertz CT molecular complexity index is 834. The first kappa shape index (κ1) is 20.8. The van der Waals surface area contributed by atoms with Gasteiger partial charge in [-0.3, -0.25) is 14.5 Å². The Hall–Kier alpha value is -2.95. The fourth-order valence-electron chi connectivity index (χ4n) is 3.68. The van der Waals surface area contributed by atoms with Crippen molar-refractivity contribution in [1.29, 1.82) is 0 Å². The van der Waals surface area contributed by atoms with Crippen LogP contribution in [-0.2, 0) is 32.1 Å². The molecule has 29 heavy (non-hydrogen) atoms. The zero-order valence-corrected chi connectivity index (χ0v) is 16.8. The summed E-state index contributed by atoms with van der Waals surface area (Å²) in [6.45, 7) is 2.14.